The molecule has 0 aliphatic carbocycles. The Morgan fingerprint density at radius 3 is 2.70 bits per heavy atom. The molecule has 0 bridgehead atoms. The van der Waals surface area contributed by atoms with Gasteiger partial charge in [0.05, 0.1) is 0 Å². The summed E-state index contributed by atoms with van der Waals surface area (Å²) >= 11 is 1.55. The van der Waals surface area contributed by atoms with E-state index in [-0.39, 0.29) is 12.0 Å². The maximum Gasteiger partial charge on any atom is 0.222 e. The molecule has 1 atom stereocenters. The highest BCUT2D eigenvalue weighted by molar-refractivity contribution is 7.99. The van der Waals surface area contributed by atoms with Gasteiger partial charge in [-0.3, -0.25) is 4.79 Å². The van der Waals surface area contributed by atoms with Gasteiger partial charge in [-0.05, 0) is 18.9 Å². The van der Waals surface area contributed by atoms with E-state index >= 15 is 0 Å². The van der Waals surface area contributed by atoms with Gasteiger partial charge in [-0.1, -0.05) is 49.0 Å². The van der Waals surface area contributed by atoms with E-state index in [0.29, 0.717) is 16.9 Å². The molecular formula is C17H21N3O2S. The predicted octanol–water partition coefficient (Wildman–Crippen LogP) is 4.08. The van der Waals surface area contributed by atoms with Gasteiger partial charge < -0.3 is 10.1 Å². The minimum absolute atomic E-state index is 0.139. The van der Waals surface area contributed by atoms with Gasteiger partial charge in [0, 0.05) is 18.7 Å². The van der Waals surface area contributed by atoms with E-state index in [0.717, 1.165) is 17.7 Å². The molecule has 5 nitrogen and oxygen atoms in total. The van der Waals surface area contributed by atoms with Crippen molar-refractivity contribution in [2.75, 3.05) is 11.1 Å². The Balaban J connectivity index is 2.20. The van der Waals surface area contributed by atoms with E-state index in [4.69, 9.17) is 4.74 Å². The number of nitrogens with one attached hydrogen (secondary N) is 1. The third-order valence-electron chi connectivity index (χ3n) is 2.99. The molecule has 0 aliphatic heterocycles. The van der Waals surface area contributed by atoms with E-state index < -0.39 is 0 Å². The first-order chi connectivity index (χ1) is 11.1. The fourth-order valence-electron chi connectivity index (χ4n) is 1.94. The molecule has 1 heterocycles. The highest BCUT2D eigenvalue weighted by Crippen LogP contribution is 2.25. The van der Waals surface area contributed by atoms with E-state index in [1.165, 1.54) is 6.92 Å². The van der Waals surface area contributed by atoms with Crippen molar-refractivity contribution in [1.29, 1.82) is 0 Å². The number of rotatable bonds is 7. The van der Waals surface area contributed by atoms with Crippen molar-refractivity contribution in [2.45, 2.75) is 38.5 Å². The Kier molecular flexibility index (Phi) is 6.40. The van der Waals surface area contributed by atoms with Crippen LogP contribution in [0.3, 0.4) is 0 Å². The number of aromatic nitrogens is 2. The van der Waals surface area contributed by atoms with Crippen LogP contribution in [-0.2, 0) is 4.79 Å². The van der Waals surface area contributed by atoms with Crippen LogP contribution in [0.15, 0.2) is 41.6 Å². The Hall–Kier alpha value is -2.08. The number of amides is 1. The van der Waals surface area contributed by atoms with Crippen LogP contribution in [0.2, 0.25) is 0 Å². The molecule has 6 heteroatoms. The topological polar surface area (TPSA) is 64.1 Å². The van der Waals surface area contributed by atoms with Crippen molar-refractivity contribution in [3.05, 3.63) is 42.0 Å². The van der Waals surface area contributed by atoms with Gasteiger partial charge in [0.15, 0.2) is 5.16 Å². The average Bonchev–Trinajstić information content (AvgIpc) is 2.53. The van der Waals surface area contributed by atoms with E-state index in [9.17, 15) is 4.79 Å². The van der Waals surface area contributed by atoms with Gasteiger partial charge in [-0.25, -0.2) is 4.98 Å². The Labute approximate surface area is 140 Å². The summed E-state index contributed by atoms with van der Waals surface area (Å²) in [5.41, 5.74) is 1.06. The second kappa shape index (κ2) is 8.53. The fraction of sp³-hybridized carbons (Fsp3) is 0.353. The van der Waals surface area contributed by atoms with Crippen LogP contribution < -0.4 is 10.1 Å². The molecule has 2 aromatic rings. The van der Waals surface area contributed by atoms with Crippen LogP contribution in [0.25, 0.3) is 0 Å². The van der Waals surface area contributed by atoms with Gasteiger partial charge in [0.25, 0.3) is 0 Å². The Morgan fingerprint density at radius 1 is 1.30 bits per heavy atom. The van der Waals surface area contributed by atoms with E-state index in [1.807, 2.05) is 37.3 Å². The molecule has 0 spiro atoms. The molecule has 0 unspecified atom stereocenters. The van der Waals surface area contributed by atoms with Crippen molar-refractivity contribution < 1.29 is 9.53 Å². The molecule has 1 aromatic carbocycles. The number of thioether (sulfide) groups is 1. The smallest absolute Gasteiger partial charge is 0.222 e. The lowest BCUT2D eigenvalue weighted by molar-refractivity contribution is -0.114. The fourth-order valence-corrected chi connectivity index (χ4v) is 2.64. The van der Waals surface area contributed by atoms with Gasteiger partial charge in [0.2, 0.25) is 11.8 Å². The molecule has 0 fully saturated rings. The SMILES string of the molecule is CCCSc1nc(NC(C)=O)cc(O[C@H](C)c2ccccc2)n1. The van der Waals surface area contributed by atoms with Crippen LogP contribution in [0.1, 0.15) is 38.9 Å². The highest BCUT2D eigenvalue weighted by Gasteiger charge is 2.12. The van der Waals surface area contributed by atoms with Crippen LogP contribution in [-0.4, -0.2) is 21.6 Å². The van der Waals surface area contributed by atoms with E-state index in [1.54, 1.807) is 17.8 Å². The first kappa shape index (κ1) is 17.3. The van der Waals surface area contributed by atoms with Crippen LogP contribution in [0.4, 0.5) is 5.82 Å². The lowest BCUT2D eigenvalue weighted by Crippen LogP contribution is -2.10. The number of ether oxygens (including phenoxy) is 1. The quantitative estimate of drug-likeness (QED) is 0.612. The summed E-state index contributed by atoms with van der Waals surface area (Å²) in [6, 6.07) is 11.6. The van der Waals surface area contributed by atoms with Gasteiger partial charge in [-0.15, -0.1) is 0 Å². The summed E-state index contributed by atoms with van der Waals surface area (Å²) < 4.78 is 5.93. The lowest BCUT2D eigenvalue weighted by atomic mass is 10.1. The Bertz CT molecular complexity index is 650. The van der Waals surface area contributed by atoms with Crippen molar-refractivity contribution >= 4 is 23.5 Å². The Morgan fingerprint density at radius 2 is 2.04 bits per heavy atom. The summed E-state index contributed by atoms with van der Waals surface area (Å²) in [7, 11) is 0. The predicted molar refractivity (Wildman–Crippen MR) is 92.8 cm³/mol. The van der Waals surface area contributed by atoms with Crippen molar-refractivity contribution in [3.8, 4) is 5.88 Å². The zero-order valence-corrected chi connectivity index (χ0v) is 14.4. The minimum Gasteiger partial charge on any atom is -0.470 e. The second-order valence-electron chi connectivity index (χ2n) is 5.07. The largest absolute Gasteiger partial charge is 0.470 e. The number of anilines is 1. The molecule has 0 saturated heterocycles. The maximum atomic E-state index is 11.3. The first-order valence-electron chi connectivity index (χ1n) is 7.59. The number of carbonyl (C=O) groups is 1. The molecule has 2 rings (SSSR count). The molecule has 122 valence electrons. The van der Waals surface area contributed by atoms with Gasteiger partial charge in [-0.2, -0.15) is 4.98 Å². The second-order valence-corrected chi connectivity index (χ2v) is 6.14. The van der Waals surface area contributed by atoms with Gasteiger partial charge in [0.1, 0.15) is 11.9 Å². The van der Waals surface area contributed by atoms with Crippen LogP contribution in [0.5, 0.6) is 5.88 Å². The molecule has 1 aromatic heterocycles. The molecule has 23 heavy (non-hydrogen) atoms. The zero-order chi connectivity index (χ0) is 16.7. The van der Waals surface area contributed by atoms with Crippen molar-refractivity contribution in [3.63, 3.8) is 0 Å². The van der Waals surface area contributed by atoms with Crippen molar-refractivity contribution in [1.82, 2.24) is 9.97 Å². The number of nitrogens with zero attached hydrogens (tertiary/aromatic N) is 2. The average molecular weight is 331 g/mol. The lowest BCUT2D eigenvalue weighted by Gasteiger charge is -2.15. The summed E-state index contributed by atoms with van der Waals surface area (Å²) in [5, 5.41) is 3.30. The number of carbonyl (C=O) groups excluding carboxylic acids is 1. The third-order valence-corrected chi connectivity index (χ3v) is 4.04. The summed E-state index contributed by atoms with van der Waals surface area (Å²) in [6.45, 7) is 5.52. The molecule has 1 amide bonds. The van der Waals surface area contributed by atoms with Crippen LogP contribution >= 0.6 is 11.8 Å². The van der Waals surface area contributed by atoms with E-state index in [2.05, 4.69) is 22.2 Å². The zero-order valence-electron chi connectivity index (χ0n) is 13.6. The normalized spacial score (nSPS) is 11.8. The first-order valence-corrected chi connectivity index (χ1v) is 8.58. The van der Waals surface area contributed by atoms with Gasteiger partial charge >= 0.3 is 0 Å². The standard InChI is InChI=1S/C17H21N3O2S/c1-4-10-23-17-19-15(18-13(3)21)11-16(20-17)22-12(2)14-8-6-5-7-9-14/h5-9,11-12H,4,10H2,1-3H3,(H,18,19,20,21)/t12-/m1/s1. The number of hydrogen-bond acceptors (Lipinski definition) is 5. The minimum atomic E-state index is -0.169. The highest BCUT2D eigenvalue weighted by atomic mass is 32.2. The number of hydrogen-bond donors (Lipinski definition) is 1. The summed E-state index contributed by atoms with van der Waals surface area (Å²) in [4.78, 5) is 20.0. The molecular weight excluding hydrogens is 310 g/mol. The molecule has 1 N–H and O–H groups in total. The van der Waals surface area contributed by atoms with Crippen LogP contribution in [0, 0.1) is 0 Å². The molecule has 0 saturated carbocycles. The van der Waals surface area contributed by atoms with Crippen molar-refractivity contribution in [2.24, 2.45) is 0 Å². The maximum absolute atomic E-state index is 11.3. The molecule has 0 radical (unpaired) electrons. The third kappa shape index (κ3) is 5.56. The monoisotopic (exact) mass is 331 g/mol. The molecule has 0 aliphatic rings. The number of benzene rings is 1. The summed E-state index contributed by atoms with van der Waals surface area (Å²) in [6.07, 6.45) is 0.884. The summed E-state index contributed by atoms with van der Waals surface area (Å²) in [5.74, 6) is 1.66.